The van der Waals surface area contributed by atoms with Crippen LogP contribution in [0.25, 0.3) is 0 Å². The molecular weight excluding hydrogens is 232 g/mol. The van der Waals surface area contributed by atoms with Gasteiger partial charge in [0.1, 0.15) is 0 Å². The molecule has 3 heteroatoms. The fraction of sp³-hybridized carbons (Fsp3) is 0.600. The van der Waals surface area contributed by atoms with Crippen LogP contribution in [0.2, 0.25) is 0 Å². The van der Waals surface area contributed by atoms with Gasteiger partial charge < -0.3 is 5.32 Å². The van der Waals surface area contributed by atoms with Crippen molar-refractivity contribution in [2.45, 2.75) is 52.5 Å². The lowest BCUT2D eigenvalue weighted by Crippen LogP contribution is -2.29. The van der Waals surface area contributed by atoms with Crippen LogP contribution >= 0.6 is 0 Å². The second-order valence-corrected chi connectivity index (χ2v) is 4.75. The lowest BCUT2D eigenvalue weighted by Gasteiger charge is -2.17. The van der Waals surface area contributed by atoms with Crippen LogP contribution in [0.1, 0.15) is 44.2 Å². The Labute approximate surface area is 109 Å². The number of aryl methyl sites for hydroxylation is 2. The van der Waals surface area contributed by atoms with Gasteiger partial charge in [0.05, 0.1) is 0 Å². The Kier molecular flexibility index (Phi) is 6.27. The van der Waals surface area contributed by atoms with Crippen molar-refractivity contribution in [3.63, 3.8) is 0 Å². The lowest BCUT2D eigenvalue weighted by molar-refractivity contribution is 0.448. The summed E-state index contributed by atoms with van der Waals surface area (Å²) in [5.74, 6) is -1.38. The van der Waals surface area contributed by atoms with Gasteiger partial charge in [-0.3, -0.25) is 0 Å². The molecule has 0 bridgehead atoms. The Balaban J connectivity index is 2.64. The summed E-state index contributed by atoms with van der Waals surface area (Å²) in [5.41, 5.74) is 0.852. The van der Waals surface area contributed by atoms with Gasteiger partial charge in [-0.15, -0.1) is 0 Å². The largest absolute Gasteiger partial charge is 0.314 e. The molecule has 1 N–H and O–H groups in total. The highest BCUT2D eigenvalue weighted by Gasteiger charge is 2.13. The fourth-order valence-electron chi connectivity index (χ4n) is 2.19. The second kappa shape index (κ2) is 7.47. The van der Waals surface area contributed by atoms with Crippen molar-refractivity contribution in [1.82, 2.24) is 5.32 Å². The number of nitrogens with one attached hydrogen (secondary N) is 1. The summed E-state index contributed by atoms with van der Waals surface area (Å²) in [6.07, 6.45) is 3.61. The minimum atomic E-state index is -0.706. The lowest BCUT2D eigenvalue weighted by atomic mass is 10.0. The molecule has 1 rings (SSSR count). The summed E-state index contributed by atoms with van der Waals surface area (Å²) in [6.45, 7) is 6.70. The minimum absolute atomic E-state index is 0.369. The molecule has 18 heavy (non-hydrogen) atoms. The third kappa shape index (κ3) is 4.05. The van der Waals surface area contributed by atoms with Gasteiger partial charge in [-0.25, -0.2) is 8.78 Å². The molecule has 102 valence electrons. The van der Waals surface area contributed by atoms with Crippen LogP contribution < -0.4 is 5.32 Å². The standard InChI is InChI=1S/C15H23F2N/c1-4-6-13(18-5-2)10-9-12-8-7-11(3)14(16)15(12)17/h7-8,13,18H,4-6,9-10H2,1-3H3. The maximum atomic E-state index is 13.7. The maximum absolute atomic E-state index is 13.7. The van der Waals surface area contributed by atoms with E-state index in [2.05, 4.69) is 19.2 Å². The Bertz CT molecular complexity index is 371. The number of benzene rings is 1. The smallest absolute Gasteiger partial charge is 0.162 e. The molecule has 0 radical (unpaired) electrons. The monoisotopic (exact) mass is 255 g/mol. The van der Waals surface area contributed by atoms with Crippen LogP contribution in [0, 0.1) is 18.6 Å². The molecule has 0 amide bonds. The van der Waals surface area contributed by atoms with E-state index in [0.717, 1.165) is 25.8 Å². The summed E-state index contributed by atoms with van der Waals surface area (Å²) in [4.78, 5) is 0. The first kappa shape index (κ1) is 15.1. The van der Waals surface area contributed by atoms with E-state index >= 15 is 0 Å². The van der Waals surface area contributed by atoms with Crippen LogP contribution in [0.4, 0.5) is 8.78 Å². The molecule has 1 nitrogen and oxygen atoms in total. The second-order valence-electron chi connectivity index (χ2n) is 4.75. The van der Waals surface area contributed by atoms with Crippen LogP contribution in [0.15, 0.2) is 12.1 Å². The van der Waals surface area contributed by atoms with Gasteiger partial charge in [0.25, 0.3) is 0 Å². The van der Waals surface area contributed by atoms with E-state index in [0.29, 0.717) is 23.6 Å². The van der Waals surface area contributed by atoms with E-state index in [4.69, 9.17) is 0 Å². The molecule has 0 spiro atoms. The van der Waals surface area contributed by atoms with E-state index in [1.54, 1.807) is 19.1 Å². The third-order valence-electron chi connectivity index (χ3n) is 3.25. The van der Waals surface area contributed by atoms with Gasteiger partial charge in [-0.1, -0.05) is 32.4 Å². The number of halogens is 2. The van der Waals surface area contributed by atoms with Crippen molar-refractivity contribution in [3.05, 3.63) is 34.9 Å². The first-order chi connectivity index (χ1) is 8.60. The molecule has 0 saturated carbocycles. The molecule has 1 unspecified atom stereocenters. The zero-order valence-corrected chi connectivity index (χ0v) is 11.5. The Hall–Kier alpha value is -0.960. The van der Waals surface area contributed by atoms with Crippen LogP contribution in [0.5, 0.6) is 0 Å². The van der Waals surface area contributed by atoms with E-state index < -0.39 is 11.6 Å². The van der Waals surface area contributed by atoms with Crippen molar-refractivity contribution in [2.75, 3.05) is 6.54 Å². The van der Waals surface area contributed by atoms with Gasteiger partial charge >= 0.3 is 0 Å². The predicted molar refractivity (Wildman–Crippen MR) is 71.8 cm³/mol. The molecule has 0 aliphatic rings. The van der Waals surface area contributed by atoms with E-state index in [9.17, 15) is 8.78 Å². The van der Waals surface area contributed by atoms with Gasteiger partial charge in [0, 0.05) is 6.04 Å². The Morgan fingerprint density at radius 2 is 1.83 bits per heavy atom. The fourth-order valence-corrected chi connectivity index (χ4v) is 2.19. The maximum Gasteiger partial charge on any atom is 0.162 e. The van der Waals surface area contributed by atoms with E-state index in [1.165, 1.54) is 0 Å². The van der Waals surface area contributed by atoms with Crippen molar-refractivity contribution in [1.29, 1.82) is 0 Å². The van der Waals surface area contributed by atoms with Gasteiger partial charge in [0.2, 0.25) is 0 Å². The molecule has 0 saturated heterocycles. The van der Waals surface area contributed by atoms with E-state index in [1.807, 2.05) is 0 Å². The average Bonchev–Trinajstić information content (AvgIpc) is 2.35. The summed E-state index contributed by atoms with van der Waals surface area (Å²) in [7, 11) is 0. The molecule has 1 aromatic rings. The number of hydrogen-bond donors (Lipinski definition) is 1. The molecule has 1 atom stereocenters. The topological polar surface area (TPSA) is 12.0 Å². The van der Waals surface area contributed by atoms with Gasteiger partial charge in [0.15, 0.2) is 11.6 Å². The molecule has 1 aromatic carbocycles. The first-order valence-electron chi connectivity index (χ1n) is 6.77. The van der Waals surface area contributed by atoms with Gasteiger partial charge in [-0.2, -0.15) is 0 Å². The molecule has 0 aromatic heterocycles. The average molecular weight is 255 g/mol. The molecule has 0 aliphatic carbocycles. The Morgan fingerprint density at radius 3 is 2.44 bits per heavy atom. The normalized spacial score (nSPS) is 12.7. The number of rotatable bonds is 7. The SMILES string of the molecule is CCCC(CCc1ccc(C)c(F)c1F)NCC. The summed E-state index contributed by atoms with van der Waals surface area (Å²) in [5, 5.41) is 3.38. The van der Waals surface area contributed by atoms with Crippen LogP contribution in [-0.4, -0.2) is 12.6 Å². The predicted octanol–water partition coefficient (Wildman–Crippen LogP) is 3.98. The van der Waals surface area contributed by atoms with Crippen molar-refractivity contribution in [2.24, 2.45) is 0 Å². The van der Waals surface area contributed by atoms with Crippen molar-refractivity contribution < 1.29 is 8.78 Å². The molecular formula is C15H23F2N. The highest BCUT2D eigenvalue weighted by Crippen LogP contribution is 2.18. The highest BCUT2D eigenvalue weighted by molar-refractivity contribution is 5.25. The highest BCUT2D eigenvalue weighted by atomic mass is 19.2. The van der Waals surface area contributed by atoms with Crippen LogP contribution in [0.3, 0.4) is 0 Å². The van der Waals surface area contributed by atoms with Gasteiger partial charge in [-0.05, 0) is 43.9 Å². The zero-order valence-electron chi connectivity index (χ0n) is 11.5. The zero-order chi connectivity index (χ0) is 13.5. The summed E-state index contributed by atoms with van der Waals surface area (Å²) >= 11 is 0. The van der Waals surface area contributed by atoms with Crippen LogP contribution in [-0.2, 0) is 6.42 Å². The quantitative estimate of drug-likeness (QED) is 0.777. The van der Waals surface area contributed by atoms with E-state index in [-0.39, 0.29) is 0 Å². The summed E-state index contributed by atoms with van der Waals surface area (Å²) in [6, 6.07) is 3.74. The molecule has 0 aliphatic heterocycles. The molecule has 0 fully saturated rings. The van der Waals surface area contributed by atoms with Crippen molar-refractivity contribution >= 4 is 0 Å². The first-order valence-corrected chi connectivity index (χ1v) is 6.77. The van der Waals surface area contributed by atoms with Crippen molar-refractivity contribution in [3.8, 4) is 0 Å². The molecule has 0 heterocycles. The Morgan fingerprint density at radius 1 is 1.11 bits per heavy atom. The number of hydrogen-bond acceptors (Lipinski definition) is 1. The minimum Gasteiger partial charge on any atom is -0.314 e. The summed E-state index contributed by atoms with van der Waals surface area (Å²) < 4.78 is 27.1. The third-order valence-corrected chi connectivity index (χ3v) is 3.25.